The van der Waals surface area contributed by atoms with Crippen molar-refractivity contribution in [2.45, 2.75) is 36.8 Å². The fourth-order valence-corrected chi connectivity index (χ4v) is 4.61. The van der Waals surface area contributed by atoms with Gasteiger partial charge in [-0.3, -0.25) is 9.59 Å². The molecule has 22 heavy (non-hydrogen) atoms. The van der Waals surface area contributed by atoms with Crippen LogP contribution in [0, 0.1) is 11.8 Å². The van der Waals surface area contributed by atoms with Gasteiger partial charge in [-0.2, -0.15) is 0 Å². The van der Waals surface area contributed by atoms with Gasteiger partial charge in [0.15, 0.2) is 4.75 Å². The number of carbonyl (C=O) groups excluding carboxylic acids is 2. The van der Waals surface area contributed by atoms with Gasteiger partial charge in [-0.15, -0.1) is 0 Å². The summed E-state index contributed by atoms with van der Waals surface area (Å²) >= 11 is 1.37. The Labute approximate surface area is 135 Å². The number of benzene rings is 1. The van der Waals surface area contributed by atoms with E-state index >= 15 is 0 Å². The molecule has 2 amide bonds. The maximum Gasteiger partial charge on any atom is 0.250 e. The van der Waals surface area contributed by atoms with Crippen LogP contribution < -0.4 is 5.32 Å². The van der Waals surface area contributed by atoms with Crippen LogP contribution in [0.3, 0.4) is 0 Å². The van der Waals surface area contributed by atoms with Crippen molar-refractivity contribution in [3.8, 4) is 0 Å². The highest BCUT2D eigenvalue weighted by molar-refractivity contribution is 8.02. The monoisotopic (exact) mass is 318 g/mol. The standard InChI is InChI=1S/C17H22N2O2S/c1-11-8-12(2)10-19(9-11)16(21)17(3)15(20)18-13-6-4-5-7-14(13)22-17/h4-7,11-12H,8-10H2,1-3H3,(H,18,20). The Hall–Kier alpha value is -1.49. The lowest BCUT2D eigenvalue weighted by atomic mass is 9.91. The number of piperidine rings is 1. The summed E-state index contributed by atoms with van der Waals surface area (Å²) < 4.78 is -1.08. The molecule has 0 saturated carbocycles. The van der Waals surface area contributed by atoms with Gasteiger partial charge in [0.1, 0.15) is 0 Å². The summed E-state index contributed by atoms with van der Waals surface area (Å²) in [5, 5.41) is 2.89. The maximum absolute atomic E-state index is 13.0. The van der Waals surface area contributed by atoms with E-state index in [1.54, 1.807) is 6.92 Å². The maximum atomic E-state index is 13.0. The Kier molecular flexibility index (Phi) is 3.93. The fraction of sp³-hybridized carbons (Fsp3) is 0.529. The lowest BCUT2D eigenvalue weighted by Crippen LogP contribution is -2.56. The van der Waals surface area contributed by atoms with Gasteiger partial charge < -0.3 is 10.2 Å². The smallest absolute Gasteiger partial charge is 0.250 e. The van der Waals surface area contributed by atoms with Gasteiger partial charge in [0.05, 0.1) is 5.69 Å². The molecule has 0 aliphatic carbocycles. The predicted octanol–water partition coefficient (Wildman–Crippen LogP) is 2.99. The SMILES string of the molecule is CC1CC(C)CN(C(=O)C2(C)Sc3ccccc3NC2=O)C1. The first-order chi connectivity index (χ1) is 10.4. The van der Waals surface area contributed by atoms with Crippen LogP contribution in [0.4, 0.5) is 5.69 Å². The van der Waals surface area contributed by atoms with Gasteiger partial charge in [0.25, 0.3) is 0 Å². The molecule has 1 N–H and O–H groups in total. The number of para-hydroxylation sites is 1. The molecule has 2 heterocycles. The molecule has 0 spiro atoms. The molecule has 2 aliphatic rings. The number of rotatable bonds is 1. The number of thioether (sulfide) groups is 1. The Morgan fingerprint density at radius 2 is 1.91 bits per heavy atom. The van der Waals surface area contributed by atoms with Crippen LogP contribution in [0.5, 0.6) is 0 Å². The molecule has 0 bridgehead atoms. The first-order valence-electron chi connectivity index (χ1n) is 7.79. The minimum atomic E-state index is -1.08. The van der Waals surface area contributed by atoms with Gasteiger partial charge in [0, 0.05) is 18.0 Å². The summed E-state index contributed by atoms with van der Waals surface area (Å²) in [6.07, 6.45) is 1.14. The number of fused-ring (bicyclic) bond motifs is 1. The van der Waals surface area contributed by atoms with Crippen molar-refractivity contribution in [3.05, 3.63) is 24.3 Å². The number of hydrogen-bond donors (Lipinski definition) is 1. The van der Waals surface area contributed by atoms with Crippen molar-refractivity contribution in [3.63, 3.8) is 0 Å². The van der Waals surface area contributed by atoms with E-state index in [1.807, 2.05) is 29.2 Å². The zero-order chi connectivity index (χ0) is 15.9. The average molecular weight is 318 g/mol. The average Bonchev–Trinajstić information content (AvgIpc) is 2.46. The predicted molar refractivity (Wildman–Crippen MR) is 88.9 cm³/mol. The zero-order valence-corrected chi connectivity index (χ0v) is 14.1. The molecule has 1 aromatic rings. The van der Waals surface area contributed by atoms with Gasteiger partial charge >= 0.3 is 0 Å². The highest BCUT2D eigenvalue weighted by Gasteiger charge is 2.48. The van der Waals surface area contributed by atoms with E-state index in [9.17, 15) is 9.59 Å². The van der Waals surface area contributed by atoms with Crippen LogP contribution in [0.1, 0.15) is 27.2 Å². The van der Waals surface area contributed by atoms with Crippen LogP contribution in [-0.2, 0) is 9.59 Å². The second-order valence-corrected chi connectivity index (χ2v) is 8.20. The molecule has 1 fully saturated rings. The molecule has 2 aliphatic heterocycles. The molecule has 0 aromatic heterocycles. The Morgan fingerprint density at radius 1 is 1.27 bits per heavy atom. The molecule has 3 rings (SSSR count). The highest BCUT2D eigenvalue weighted by Crippen LogP contribution is 2.43. The first kappa shape index (κ1) is 15.4. The van der Waals surface area contributed by atoms with E-state index in [0.29, 0.717) is 11.8 Å². The van der Waals surface area contributed by atoms with Gasteiger partial charge in [0.2, 0.25) is 11.8 Å². The van der Waals surface area contributed by atoms with Crippen LogP contribution in [-0.4, -0.2) is 34.6 Å². The Morgan fingerprint density at radius 3 is 2.59 bits per heavy atom. The molecular weight excluding hydrogens is 296 g/mol. The summed E-state index contributed by atoms with van der Waals surface area (Å²) in [5.74, 6) is 0.690. The third-order valence-electron chi connectivity index (χ3n) is 4.45. The van der Waals surface area contributed by atoms with E-state index in [0.717, 1.165) is 30.1 Å². The Balaban J connectivity index is 1.86. The van der Waals surface area contributed by atoms with Crippen LogP contribution in [0.2, 0.25) is 0 Å². The third kappa shape index (κ3) is 2.62. The number of anilines is 1. The van der Waals surface area contributed by atoms with E-state index in [4.69, 9.17) is 0 Å². The van der Waals surface area contributed by atoms with Crippen molar-refractivity contribution < 1.29 is 9.59 Å². The lowest BCUT2D eigenvalue weighted by Gasteiger charge is -2.41. The van der Waals surface area contributed by atoms with Gasteiger partial charge in [-0.25, -0.2) is 0 Å². The third-order valence-corrected chi connectivity index (χ3v) is 5.79. The zero-order valence-electron chi connectivity index (χ0n) is 13.3. The molecule has 3 atom stereocenters. The number of nitrogens with zero attached hydrogens (tertiary/aromatic N) is 1. The normalized spacial score (nSPS) is 31.4. The van der Waals surface area contributed by atoms with E-state index in [2.05, 4.69) is 19.2 Å². The molecule has 5 heteroatoms. The summed E-state index contributed by atoms with van der Waals surface area (Å²) in [6, 6.07) is 7.64. The summed E-state index contributed by atoms with van der Waals surface area (Å²) in [4.78, 5) is 28.4. The molecule has 1 saturated heterocycles. The lowest BCUT2D eigenvalue weighted by molar-refractivity contribution is -0.139. The number of nitrogens with one attached hydrogen (secondary N) is 1. The second kappa shape index (κ2) is 5.61. The molecule has 4 nitrogen and oxygen atoms in total. The summed E-state index contributed by atoms with van der Waals surface area (Å²) in [6.45, 7) is 7.57. The van der Waals surface area contributed by atoms with Crippen molar-refractivity contribution in [2.24, 2.45) is 11.8 Å². The number of amides is 2. The quantitative estimate of drug-likeness (QED) is 0.810. The first-order valence-corrected chi connectivity index (χ1v) is 8.60. The second-order valence-electron chi connectivity index (χ2n) is 6.74. The molecule has 1 aromatic carbocycles. The summed E-state index contributed by atoms with van der Waals surface area (Å²) in [7, 11) is 0. The van der Waals surface area contributed by atoms with Crippen LogP contribution in [0.15, 0.2) is 29.2 Å². The number of hydrogen-bond acceptors (Lipinski definition) is 3. The molecule has 118 valence electrons. The largest absolute Gasteiger partial charge is 0.340 e. The molecule has 3 unspecified atom stereocenters. The molecular formula is C17H22N2O2S. The van der Waals surface area contributed by atoms with Crippen LogP contribution >= 0.6 is 11.8 Å². The van der Waals surface area contributed by atoms with Crippen molar-refractivity contribution in [1.29, 1.82) is 0 Å². The fourth-order valence-electron chi connectivity index (χ4n) is 3.44. The highest BCUT2D eigenvalue weighted by atomic mass is 32.2. The minimum Gasteiger partial charge on any atom is -0.340 e. The topological polar surface area (TPSA) is 49.4 Å². The molecule has 0 radical (unpaired) electrons. The van der Waals surface area contributed by atoms with Gasteiger partial charge in [-0.1, -0.05) is 37.7 Å². The van der Waals surface area contributed by atoms with Crippen molar-refractivity contribution >= 4 is 29.3 Å². The Bertz CT molecular complexity index is 608. The van der Waals surface area contributed by atoms with Crippen LogP contribution in [0.25, 0.3) is 0 Å². The summed E-state index contributed by atoms with van der Waals surface area (Å²) in [5.41, 5.74) is 0.795. The number of likely N-dealkylation sites (tertiary alicyclic amines) is 1. The van der Waals surface area contributed by atoms with Crippen molar-refractivity contribution in [1.82, 2.24) is 4.90 Å². The minimum absolute atomic E-state index is 0.0668. The van der Waals surface area contributed by atoms with Gasteiger partial charge in [-0.05, 0) is 37.3 Å². The van der Waals surface area contributed by atoms with E-state index in [1.165, 1.54) is 11.8 Å². The van der Waals surface area contributed by atoms with Crippen molar-refractivity contribution in [2.75, 3.05) is 18.4 Å². The number of carbonyl (C=O) groups is 2. The van der Waals surface area contributed by atoms with E-state index < -0.39 is 4.75 Å². The van der Waals surface area contributed by atoms with E-state index in [-0.39, 0.29) is 11.8 Å².